The third-order valence-corrected chi connectivity index (χ3v) is 2.82. The number of methoxy groups -OCH3 is 1. The fourth-order valence-electron chi connectivity index (χ4n) is 1.53. The molecule has 0 bridgehead atoms. The number of amides is 1. The molecule has 112 valence electrons. The summed E-state index contributed by atoms with van der Waals surface area (Å²) >= 11 is 3.29. The Morgan fingerprint density at radius 1 is 1.40 bits per heavy atom. The lowest BCUT2D eigenvalue weighted by molar-refractivity contribution is -0.126. The van der Waals surface area contributed by atoms with Crippen LogP contribution in [0.5, 0.6) is 5.75 Å². The van der Waals surface area contributed by atoms with Crippen molar-refractivity contribution in [1.82, 2.24) is 5.32 Å². The fourth-order valence-corrected chi connectivity index (χ4v) is 2.09. The number of aryl methyl sites for hydroxylation is 1. The number of nitrogens with one attached hydrogen (secondary N) is 2. The number of carbonyl (C=O) groups is 1. The van der Waals surface area contributed by atoms with E-state index in [0.717, 1.165) is 10.0 Å². The van der Waals surface area contributed by atoms with E-state index in [1.807, 2.05) is 5.32 Å². The molecule has 0 aliphatic carbocycles. The molecular weight excluding hydrogens is 341 g/mol. The van der Waals surface area contributed by atoms with Crippen molar-refractivity contribution >= 4 is 27.5 Å². The molecule has 0 saturated carbocycles. The summed E-state index contributed by atoms with van der Waals surface area (Å²) in [5.41, 5.74) is 1.18. The molecule has 1 aromatic rings. The second-order valence-electron chi connectivity index (χ2n) is 4.07. The highest BCUT2D eigenvalue weighted by atomic mass is 79.9. The lowest BCUT2D eigenvalue weighted by Gasteiger charge is -2.14. The van der Waals surface area contributed by atoms with E-state index in [1.165, 1.54) is 7.11 Å². The van der Waals surface area contributed by atoms with Gasteiger partial charge in [0.25, 0.3) is 0 Å². The van der Waals surface area contributed by atoms with E-state index in [4.69, 9.17) is 4.74 Å². The molecular formula is C12H14BrF3N2O2. The smallest absolute Gasteiger partial charge is 0.401 e. The molecule has 20 heavy (non-hydrogen) atoms. The predicted octanol–water partition coefficient (Wildman–Crippen LogP) is 2.86. The van der Waals surface area contributed by atoms with Crippen molar-refractivity contribution in [2.75, 3.05) is 25.5 Å². The van der Waals surface area contributed by atoms with E-state index < -0.39 is 25.2 Å². The summed E-state index contributed by atoms with van der Waals surface area (Å²) in [6.07, 6.45) is -4.34. The van der Waals surface area contributed by atoms with Gasteiger partial charge in [-0.05, 0) is 24.6 Å². The zero-order chi connectivity index (χ0) is 15.3. The summed E-state index contributed by atoms with van der Waals surface area (Å²) in [6.45, 7) is 0.112. The summed E-state index contributed by atoms with van der Waals surface area (Å²) in [4.78, 5) is 11.6. The Kier molecular flexibility index (Phi) is 5.82. The summed E-state index contributed by atoms with van der Waals surface area (Å²) in [5.74, 6) is -0.140. The zero-order valence-corrected chi connectivity index (χ0v) is 12.5. The predicted molar refractivity (Wildman–Crippen MR) is 73.0 cm³/mol. The number of rotatable bonds is 5. The molecule has 0 radical (unpaired) electrons. The van der Waals surface area contributed by atoms with Gasteiger partial charge in [0.2, 0.25) is 5.91 Å². The zero-order valence-electron chi connectivity index (χ0n) is 10.9. The minimum atomic E-state index is -4.34. The Morgan fingerprint density at radius 2 is 2.05 bits per heavy atom. The molecule has 0 fully saturated rings. The Balaban J connectivity index is 2.67. The van der Waals surface area contributed by atoms with E-state index in [1.54, 1.807) is 19.1 Å². The number of alkyl halides is 3. The maximum absolute atomic E-state index is 11.9. The number of ether oxygens (including phenoxy) is 1. The van der Waals surface area contributed by atoms with Crippen molar-refractivity contribution in [3.8, 4) is 5.75 Å². The maximum atomic E-state index is 11.9. The lowest BCUT2D eigenvalue weighted by Crippen LogP contribution is -2.35. The first kappa shape index (κ1) is 16.8. The Labute approximate surface area is 122 Å². The second kappa shape index (κ2) is 6.94. The van der Waals surface area contributed by atoms with Crippen molar-refractivity contribution in [2.45, 2.75) is 13.1 Å². The van der Waals surface area contributed by atoms with Gasteiger partial charge in [-0.15, -0.1) is 0 Å². The maximum Gasteiger partial charge on any atom is 0.401 e. The summed E-state index contributed by atoms with van der Waals surface area (Å²) in [7, 11) is 1.44. The van der Waals surface area contributed by atoms with Gasteiger partial charge in [0.1, 0.15) is 5.75 Å². The van der Waals surface area contributed by atoms with Gasteiger partial charge in [-0.25, -0.2) is 0 Å². The Morgan fingerprint density at radius 3 is 2.60 bits per heavy atom. The van der Waals surface area contributed by atoms with Crippen LogP contribution in [0.3, 0.4) is 0 Å². The second-order valence-corrected chi connectivity index (χ2v) is 4.98. The van der Waals surface area contributed by atoms with Crippen molar-refractivity contribution in [1.29, 1.82) is 0 Å². The minimum Gasteiger partial charge on any atom is -0.495 e. The molecule has 0 aliphatic heterocycles. The molecule has 0 unspecified atom stereocenters. The fraction of sp³-hybridized carbons (Fsp3) is 0.417. The third kappa shape index (κ3) is 5.38. The SMILES string of the molecule is COc1cc(Br)cc(C)c1NC(=O)CNCC(F)(F)F. The number of anilines is 1. The van der Waals surface area contributed by atoms with Gasteiger partial charge >= 0.3 is 6.18 Å². The number of carbonyl (C=O) groups excluding carboxylic acids is 1. The molecule has 0 saturated heterocycles. The first-order valence-electron chi connectivity index (χ1n) is 5.64. The molecule has 0 aromatic heterocycles. The topological polar surface area (TPSA) is 50.4 Å². The molecule has 0 heterocycles. The molecule has 0 aliphatic rings. The van der Waals surface area contributed by atoms with Crippen LogP contribution in [0.1, 0.15) is 5.56 Å². The molecule has 0 spiro atoms. The van der Waals surface area contributed by atoms with Gasteiger partial charge < -0.3 is 15.4 Å². The molecule has 1 amide bonds. The van der Waals surface area contributed by atoms with Crippen LogP contribution in [0.25, 0.3) is 0 Å². The van der Waals surface area contributed by atoms with Gasteiger partial charge in [0.05, 0.1) is 25.9 Å². The van der Waals surface area contributed by atoms with E-state index in [9.17, 15) is 18.0 Å². The molecule has 1 rings (SSSR count). The minimum absolute atomic E-state index is 0.432. The monoisotopic (exact) mass is 354 g/mol. The number of hydrogen-bond acceptors (Lipinski definition) is 3. The van der Waals surface area contributed by atoms with Crippen molar-refractivity contribution < 1.29 is 22.7 Å². The van der Waals surface area contributed by atoms with Crippen LogP contribution in [0, 0.1) is 6.92 Å². The van der Waals surface area contributed by atoms with Crippen LogP contribution in [-0.4, -0.2) is 32.3 Å². The average molecular weight is 355 g/mol. The van der Waals surface area contributed by atoms with Crippen molar-refractivity contribution in [3.05, 3.63) is 22.2 Å². The van der Waals surface area contributed by atoms with Gasteiger partial charge in [-0.2, -0.15) is 13.2 Å². The summed E-state index contributed by atoms with van der Waals surface area (Å²) < 4.78 is 41.7. The number of hydrogen-bond donors (Lipinski definition) is 2. The van der Waals surface area contributed by atoms with Gasteiger partial charge in [-0.1, -0.05) is 15.9 Å². The van der Waals surface area contributed by atoms with Crippen molar-refractivity contribution in [3.63, 3.8) is 0 Å². The average Bonchev–Trinajstić information content (AvgIpc) is 2.30. The highest BCUT2D eigenvalue weighted by Crippen LogP contribution is 2.31. The van der Waals surface area contributed by atoms with Crippen LogP contribution in [-0.2, 0) is 4.79 Å². The summed E-state index contributed by atoms with van der Waals surface area (Å²) in [6, 6.07) is 3.42. The van der Waals surface area contributed by atoms with Crippen LogP contribution in [0.4, 0.5) is 18.9 Å². The van der Waals surface area contributed by atoms with Gasteiger partial charge in [0.15, 0.2) is 0 Å². The number of benzene rings is 1. The highest BCUT2D eigenvalue weighted by Gasteiger charge is 2.26. The van der Waals surface area contributed by atoms with Crippen LogP contribution in [0.2, 0.25) is 0 Å². The Hall–Kier alpha value is -1.28. The first-order chi connectivity index (χ1) is 9.23. The summed E-state index contributed by atoms with van der Waals surface area (Å²) in [5, 5.41) is 4.56. The van der Waals surface area contributed by atoms with Crippen LogP contribution in [0.15, 0.2) is 16.6 Å². The largest absolute Gasteiger partial charge is 0.495 e. The molecule has 0 atom stereocenters. The van der Waals surface area contributed by atoms with E-state index in [2.05, 4.69) is 21.2 Å². The lowest BCUT2D eigenvalue weighted by atomic mass is 10.2. The van der Waals surface area contributed by atoms with Crippen LogP contribution < -0.4 is 15.4 Å². The van der Waals surface area contributed by atoms with Crippen LogP contribution >= 0.6 is 15.9 Å². The molecule has 8 heteroatoms. The van der Waals surface area contributed by atoms with Gasteiger partial charge in [-0.3, -0.25) is 4.79 Å². The van der Waals surface area contributed by atoms with Gasteiger partial charge in [0, 0.05) is 4.47 Å². The molecule has 4 nitrogen and oxygen atoms in total. The highest BCUT2D eigenvalue weighted by molar-refractivity contribution is 9.10. The number of halogens is 4. The molecule has 2 N–H and O–H groups in total. The quantitative estimate of drug-likeness (QED) is 0.854. The van der Waals surface area contributed by atoms with E-state index in [-0.39, 0.29) is 0 Å². The third-order valence-electron chi connectivity index (χ3n) is 2.36. The standard InChI is InChI=1S/C12H14BrF3N2O2/c1-7-3-8(13)4-9(20-2)11(7)18-10(19)5-17-6-12(14,15)16/h3-4,17H,5-6H2,1-2H3,(H,18,19). The van der Waals surface area contributed by atoms with E-state index >= 15 is 0 Å². The first-order valence-corrected chi connectivity index (χ1v) is 6.43. The van der Waals surface area contributed by atoms with Crippen molar-refractivity contribution in [2.24, 2.45) is 0 Å². The molecule has 1 aromatic carbocycles. The Bertz CT molecular complexity index is 492. The van der Waals surface area contributed by atoms with E-state index in [0.29, 0.717) is 11.4 Å². The normalized spacial score (nSPS) is 11.3.